The molecule has 0 bridgehead atoms. The topological polar surface area (TPSA) is 77.6 Å². The predicted octanol–water partition coefficient (Wildman–Crippen LogP) is 3.35. The Morgan fingerprint density at radius 2 is 1.87 bits per heavy atom. The van der Waals surface area contributed by atoms with Crippen molar-refractivity contribution in [1.82, 2.24) is 29.9 Å². The molecule has 3 heterocycles. The van der Waals surface area contributed by atoms with Crippen molar-refractivity contribution in [2.75, 3.05) is 0 Å². The van der Waals surface area contributed by atoms with Crippen LogP contribution in [0.2, 0.25) is 0 Å². The second-order valence-electron chi connectivity index (χ2n) is 7.80. The van der Waals surface area contributed by atoms with E-state index in [2.05, 4.69) is 22.4 Å². The third kappa shape index (κ3) is 3.70. The van der Waals surface area contributed by atoms with Crippen molar-refractivity contribution in [1.29, 1.82) is 0 Å². The molecule has 1 atom stereocenters. The van der Waals surface area contributed by atoms with Gasteiger partial charge in [0.1, 0.15) is 5.69 Å². The Bertz CT molecular complexity index is 1240. The Hall–Kier alpha value is -3.48. The molecule has 4 rings (SSSR count). The minimum absolute atomic E-state index is 0.0377. The molecule has 154 valence electrons. The molecular weight excluding hydrogens is 376 g/mol. The van der Waals surface area contributed by atoms with Crippen LogP contribution in [0, 0.1) is 13.8 Å². The van der Waals surface area contributed by atoms with Gasteiger partial charge in [0.15, 0.2) is 0 Å². The van der Waals surface area contributed by atoms with Gasteiger partial charge in [0.25, 0.3) is 5.91 Å². The van der Waals surface area contributed by atoms with Crippen molar-refractivity contribution in [3.8, 4) is 11.4 Å². The number of aryl methyl sites for hydroxylation is 3. The van der Waals surface area contributed by atoms with E-state index in [1.807, 2.05) is 75.2 Å². The Balaban J connectivity index is 1.65. The summed E-state index contributed by atoms with van der Waals surface area (Å²) < 4.78 is 3.61. The molecule has 0 aliphatic carbocycles. The van der Waals surface area contributed by atoms with Gasteiger partial charge in [-0.25, -0.2) is 4.98 Å². The Kier molecular flexibility index (Phi) is 5.11. The van der Waals surface area contributed by atoms with Crippen LogP contribution in [0.3, 0.4) is 0 Å². The lowest BCUT2D eigenvalue weighted by Crippen LogP contribution is -2.34. The van der Waals surface area contributed by atoms with Crippen LogP contribution in [0.4, 0.5) is 0 Å². The fourth-order valence-electron chi connectivity index (χ4n) is 3.82. The smallest absolute Gasteiger partial charge is 0.252 e. The van der Waals surface area contributed by atoms with Crippen LogP contribution < -0.4 is 5.32 Å². The summed E-state index contributed by atoms with van der Waals surface area (Å²) in [4.78, 5) is 17.9. The van der Waals surface area contributed by atoms with Crippen molar-refractivity contribution in [3.05, 3.63) is 65.1 Å². The van der Waals surface area contributed by atoms with Gasteiger partial charge in [0, 0.05) is 37.4 Å². The van der Waals surface area contributed by atoms with Gasteiger partial charge in [-0.1, -0.05) is 18.2 Å². The molecule has 7 heteroatoms. The van der Waals surface area contributed by atoms with E-state index in [-0.39, 0.29) is 11.9 Å². The number of fused-ring (bicyclic) bond motifs is 1. The molecule has 0 aliphatic rings. The first-order valence-corrected chi connectivity index (χ1v) is 10.0. The van der Waals surface area contributed by atoms with E-state index in [0.717, 1.165) is 34.4 Å². The maximum atomic E-state index is 13.2. The molecule has 0 saturated heterocycles. The number of hydrogen-bond donors (Lipinski definition) is 1. The van der Waals surface area contributed by atoms with E-state index >= 15 is 0 Å². The second-order valence-corrected chi connectivity index (χ2v) is 7.80. The number of aromatic nitrogens is 5. The molecule has 30 heavy (non-hydrogen) atoms. The van der Waals surface area contributed by atoms with Gasteiger partial charge < -0.3 is 5.32 Å². The Morgan fingerprint density at radius 3 is 2.53 bits per heavy atom. The van der Waals surface area contributed by atoms with E-state index in [1.165, 1.54) is 5.56 Å². The van der Waals surface area contributed by atoms with E-state index in [4.69, 9.17) is 4.98 Å². The second kappa shape index (κ2) is 7.74. The van der Waals surface area contributed by atoms with Crippen molar-refractivity contribution in [2.45, 2.75) is 33.2 Å². The van der Waals surface area contributed by atoms with E-state index in [9.17, 15) is 4.79 Å². The molecule has 1 amide bonds. The maximum Gasteiger partial charge on any atom is 0.252 e. The number of rotatable bonds is 5. The summed E-state index contributed by atoms with van der Waals surface area (Å²) in [5.41, 5.74) is 6.12. The summed E-state index contributed by atoms with van der Waals surface area (Å²) >= 11 is 0. The fraction of sp³-hybridized carbons (Fsp3) is 0.304. The van der Waals surface area contributed by atoms with Crippen LogP contribution in [-0.4, -0.2) is 36.5 Å². The predicted molar refractivity (Wildman–Crippen MR) is 117 cm³/mol. The summed E-state index contributed by atoms with van der Waals surface area (Å²) in [6.07, 6.45) is 2.60. The molecule has 3 aromatic heterocycles. The maximum absolute atomic E-state index is 13.2. The lowest BCUT2D eigenvalue weighted by Gasteiger charge is -2.16. The molecule has 0 aliphatic heterocycles. The third-order valence-corrected chi connectivity index (χ3v) is 5.48. The summed E-state index contributed by atoms with van der Waals surface area (Å²) in [6.45, 7) is 6.08. The number of hydrogen-bond acceptors (Lipinski definition) is 4. The van der Waals surface area contributed by atoms with Crippen molar-refractivity contribution < 1.29 is 4.79 Å². The molecule has 0 spiro atoms. The van der Waals surface area contributed by atoms with Crippen molar-refractivity contribution in [2.24, 2.45) is 14.1 Å². The summed E-state index contributed by atoms with van der Waals surface area (Å²) in [7, 11) is 3.81. The highest BCUT2D eigenvalue weighted by molar-refractivity contribution is 6.07. The van der Waals surface area contributed by atoms with Crippen LogP contribution in [0.15, 0.2) is 42.6 Å². The summed E-state index contributed by atoms with van der Waals surface area (Å²) in [6, 6.07) is 11.4. The van der Waals surface area contributed by atoms with Crippen LogP contribution in [0.1, 0.15) is 34.2 Å². The van der Waals surface area contributed by atoms with Gasteiger partial charge in [-0.2, -0.15) is 10.2 Å². The van der Waals surface area contributed by atoms with Crippen LogP contribution in [0.25, 0.3) is 22.3 Å². The number of nitrogens with one attached hydrogen (secondary N) is 1. The van der Waals surface area contributed by atoms with Crippen LogP contribution in [0.5, 0.6) is 0 Å². The highest BCUT2D eigenvalue weighted by Crippen LogP contribution is 2.24. The number of para-hydroxylation sites is 1. The first-order valence-electron chi connectivity index (χ1n) is 10.0. The Labute approximate surface area is 175 Å². The zero-order chi connectivity index (χ0) is 21.4. The molecule has 7 nitrogen and oxygen atoms in total. The average Bonchev–Trinajstić information content (AvgIpc) is 3.25. The van der Waals surface area contributed by atoms with E-state index in [0.29, 0.717) is 11.3 Å². The number of pyridine rings is 1. The number of nitrogens with zero attached hydrogens (tertiary/aromatic N) is 5. The largest absolute Gasteiger partial charge is 0.349 e. The zero-order valence-corrected chi connectivity index (χ0v) is 18.0. The SMILES string of the molecule is Cc1nn(C)c(C)c1CC(C)NC(=O)c1cc(-c2ccn(C)n2)nc2ccccc12. The summed E-state index contributed by atoms with van der Waals surface area (Å²) in [5.74, 6) is -0.113. The molecule has 0 fully saturated rings. The van der Waals surface area contributed by atoms with Crippen molar-refractivity contribution in [3.63, 3.8) is 0 Å². The highest BCUT2D eigenvalue weighted by atomic mass is 16.1. The highest BCUT2D eigenvalue weighted by Gasteiger charge is 2.19. The number of carbonyl (C=O) groups is 1. The lowest BCUT2D eigenvalue weighted by atomic mass is 10.0. The fourth-order valence-corrected chi connectivity index (χ4v) is 3.82. The third-order valence-electron chi connectivity index (χ3n) is 5.48. The molecule has 0 radical (unpaired) electrons. The number of amides is 1. The summed E-state index contributed by atoms with van der Waals surface area (Å²) in [5, 5.41) is 12.9. The minimum atomic E-state index is -0.113. The van der Waals surface area contributed by atoms with Gasteiger partial charge in [-0.15, -0.1) is 0 Å². The van der Waals surface area contributed by atoms with Gasteiger partial charge in [0.2, 0.25) is 0 Å². The van der Waals surface area contributed by atoms with E-state index < -0.39 is 0 Å². The quantitative estimate of drug-likeness (QED) is 0.555. The van der Waals surface area contributed by atoms with Gasteiger partial charge >= 0.3 is 0 Å². The molecule has 4 aromatic rings. The minimum Gasteiger partial charge on any atom is -0.349 e. The lowest BCUT2D eigenvalue weighted by molar-refractivity contribution is 0.0941. The molecule has 1 N–H and O–H groups in total. The molecular formula is C23H26N6O. The van der Waals surface area contributed by atoms with Gasteiger partial charge in [-0.05, 0) is 51.0 Å². The molecule has 0 saturated carbocycles. The average molecular weight is 403 g/mol. The molecule has 1 unspecified atom stereocenters. The first kappa shape index (κ1) is 19.8. The molecule has 1 aromatic carbocycles. The van der Waals surface area contributed by atoms with Crippen LogP contribution in [-0.2, 0) is 20.5 Å². The number of benzene rings is 1. The normalized spacial score (nSPS) is 12.3. The Morgan fingerprint density at radius 1 is 1.10 bits per heavy atom. The standard InChI is InChI=1S/C23H26N6O/c1-14(12-18-15(2)26-29(5)16(18)3)24-23(30)19-13-22(21-10-11-28(4)27-21)25-20-9-7-6-8-17(19)20/h6-11,13-14H,12H2,1-5H3,(H,24,30). The van der Waals surface area contributed by atoms with Gasteiger partial charge in [0.05, 0.1) is 22.5 Å². The zero-order valence-electron chi connectivity index (χ0n) is 18.0. The van der Waals surface area contributed by atoms with Crippen molar-refractivity contribution >= 4 is 16.8 Å². The van der Waals surface area contributed by atoms with E-state index in [1.54, 1.807) is 4.68 Å². The van der Waals surface area contributed by atoms with Gasteiger partial charge in [-0.3, -0.25) is 14.2 Å². The number of carbonyl (C=O) groups excluding carboxylic acids is 1. The first-order chi connectivity index (χ1) is 14.3. The van der Waals surface area contributed by atoms with Crippen LogP contribution >= 0.6 is 0 Å². The monoisotopic (exact) mass is 402 g/mol.